The van der Waals surface area contributed by atoms with Gasteiger partial charge in [-0.3, -0.25) is 9.36 Å². The highest BCUT2D eigenvalue weighted by Gasteiger charge is 2.20. The maximum Gasteiger partial charge on any atom is 0.272 e. The molecule has 3 aromatic rings. The summed E-state index contributed by atoms with van der Waals surface area (Å²) in [6.07, 6.45) is -2.62. The molecule has 0 aliphatic rings. The van der Waals surface area contributed by atoms with E-state index in [1.807, 2.05) is 0 Å². The zero-order valence-corrected chi connectivity index (χ0v) is 13.1. The molecule has 3 nitrogen and oxygen atoms in total. The van der Waals surface area contributed by atoms with E-state index < -0.39 is 18.1 Å². The molecule has 0 spiro atoms. The van der Waals surface area contributed by atoms with Crippen molar-refractivity contribution in [3.05, 3.63) is 51.6 Å². The van der Waals surface area contributed by atoms with Crippen molar-refractivity contribution in [3.63, 3.8) is 0 Å². The van der Waals surface area contributed by atoms with Gasteiger partial charge < -0.3 is 4.74 Å². The minimum atomic E-state index is -2.62. The number of ether oxygens (including phenoxy) is 1. The topological polar surface area (TPSA) is 31.2 Å². The van der Waals surface area contributed by atoms with Crippen molar-refractivity contribution < 1.29 is 22.7 Å². The van der Waals surface area contributed by atoms with Crippen LogP contribution in [0.5, 0.6) is 5.75 Å². The molecule has 0 radical (unpaired) electrons. The monoisotopic (exact) mass is 339 g/mol. The quantitative estimate of drug-likeness (QED) is 0.687. The number of alkyl halides is 2. The minimum Gasteiger partial charge on any atom is -0.494 e. The summed E-state index contributed by atoms with van der Waals surface area (Å²) in [7, 11) is 1.36. The lowest BCUT2D eigenvalue weighted by Crippen LogP contribution is -2.11. The molecule has 2 aromatic heterocycles. The van der Waals surface area contributed by atoms with Crippen LogP contribution < -0.4 is 4.74 Å². The van der Waals surface area contributed by atoms with Gasteiger partial charge in [0.25, 0.3) is 12.3 Å². The van der Waals surface area contributed by atoms with E-state index in [1.54, 1.807) is 13.0 Å². The van der Waals surface area contributed by atoms with Gasteiger partial charge in [-0.15, -0.1) is 11.3 Å². The molecule has 2 heterocycles. The number of halogens is 3. The molecule has 0 aliphatic heterocycles. The van der Waals surface area contributed by atoms with Crippen LogP contribution in [0.15, 0.2) is 30.3 Å². The fourth-order valence-corrected chi connectivity index (χ4v) is 3.26. The fourth-order valence-electron chi connectivity index (χ4n) is 2.47. The van der Waals surface area contributed by atoms with Gasteiger partial charge in [-0.05, 0) is 31.2 Å². The molecule has 0 fully saturated rings. The summed E-state index contributed by atoms with van der Waals surface area (Å²) in [6, 6.07) is 7.02. The summed E-state index contributed by atoms with van der Waals surface area (Å²) in [5.74, 6) is -0.969. The molecule has 0 unspecified atom stereocenters. The summed E-state index contributed by atoms with van der Waals surface area (Å²) in [4.78, 5) is 12.6. The first-order valence-electron chi connectivity index (χ1n) is 6.70. The molecular weight excluding hydrogens is 327 g/mol. The van der Waals surface area contributed by atoms with Crippen LogP contribution in [-0.4, -0.2) is 17.6 Å². The van der Waals surface area contributed by atoms with Crippen molar-refractivity contribution in [1.82, 2.24) is 4.57 Å². The van der Waals surface area contributed by atoms with Gasteiger partial charge in [0.15, 0.2) is 11.6 Å². The Labute approximate surface area is 133 Å². The number of hydrogen-bond acceptors (Lipinski definition) is 3. The largest absolute Gasteiger partial charge is 0.494 e. The summed E-state index contributed by atoms with van der Waals surface area (Å²) in [5, 5.41) is 0.639. The van der Waals surface area contributed by atoms with E-state index in [0.29, 0.717) is 16.6 Å². The molecule has 0 aliphatic carbocycles. The maximum atomic E-state index is 13.9. The highest BCUT2D eigenvalue weighted by Crippen LogP contribution is 2.31. The average Bonchev–Trinajstić information content (AvgIpc) is 3.10. The van der Waals surface area contributed by atoms with Crippen LogP contribution in [0.25, 0.3) is 10.9 Å². The zero-order valence-electron chi connectivity index (χ0n) is 12.3. The van der Waals surface area contributed by atoms with Crippen molar-refractivity contribution in [2.75, 3.05) is 7.11 Å². The van der Waals surface area contributed by atoms with Crippen LogP contribution in [-0.2, 0) is 0 Å². The molecule has 0 saturated heterocycles. The number of aromatic nitrogens is 1. The Bertz CT molecular complexity index is 898. The first-order chi connectivity index (χ1) is 10.9. The van der Waals surface area contributed by atoms with E-state index in [2.05, 4.69) is 0 Å². The predicted molar refractivity (Wildman–Crippen MR) is 82.2 cm³/mol. The minimum absolute atomic E-state index is 0.0817. The van der Waals surface area contributed by atoms with Gasteiger partial charge in [0, 0.05) is 17.1 Å². The Morgan fingerprint density at radius 2 is 2.00 bits per heavy atom. The maximum absolute atomic E-state index is 13.9. The van der Waals surface area contributed by atoms with E-state index in [4.69, 9.17) is 4.74 Å². The molecule has 3 rings (SSSR count). The summed E-state index contributed by atoms with van der Waals surface area (Å²) in [5.41, 5.74) is 0.961. The van der Waals surface area contributed by atoms with E-state index >= 15 is 0 Å². The normalized spacial score (nSPS) is 11.4. The Balaban J connectivity index is 2.12. The lowest BCUT2D eigenvalue weighted by molar-refractivity contribution is 0.0967. The number of thiophene rings is 1. The number of fused-ring (bicyclic) bond motifs is 1. The molecule has 0 N–H and O–H groups in total. The Morgan fingerprint density at radius 1 is 1.26 bits per heavy atom. The summed E-state index contributed by atoms with van der Waals surface area (Å²) < 4.78 is 45.6. The molecule has 120 valence electrons. The highest BCUT2D eigenvalue weighted by atomic mass is 32.1. The second-order valence-electron chi connectivity index (χ2n) is 4.97. The molecule has 0 saturated carbocycles. The highest BCUT2D eigenvalue weighted by molar-refractivity contribution is 7.14. The average molecular weight is 339 g/mol. The predicted octanol–water partition coefficient (Wildman–Crippen LogP) is 4.79. The van der Waals surface area contributed by atoms with Crippen molar-refractivity contribution >= 4 is 28.1 Å². The summed E-state index contributed by atoms with van der Waals surface area (Å²) in [6.45, 7) is 1.70. The Hall–Kier alpha value is -2.28. The van der Waals surface area contributed by atoms with Gasteiger partial charge in [0.05, 0.1) is 22.4 Å². The Kier molecular flexibility index (Phi) is 3.89. The number of rotatable bonds is 3. The third kappa shape index (κ3) is 2.61. The molecule has 0 amide bonds. The molecule has 1 aromatic carbocycles. The molecule has 0 atom stereocenters. The van der Waals surface area contributed by atoms with Crippen LogP contribution >= 0.6 is 11.3 Å². The van der Waals surface area contributed by atoms with Crippen LogP contribution in [0, 0.1) is 12.7 Å². The number of benzene rings is 1. The smallest absolute Gasteiger partial charge is 0.272 e. The number of nitrogens with zero attached hydrogens (tertiary/aromatic N) is 1. The first-order valence-corrected chi connectivity index (χ1v) is 7.52. The number of hydrogen-bond donors (Lipinski definition) is 0. The van der Waals surface area contributed by atoms with Gasteiger partial charge in [-0.25, -0.2) is 13.2 Å². The van der Waals surface area contributed by atoms with Crippen molar-refractivity contribution in [3.8, 4) is 5.75 Å². The van der Waals surface area contributed by atoms with Gasteiger partial charge in [0.2, 0.25) is 0 Å². The van der Waals surface area contributed by atoms with E-state index in [0.717, 1.165) is 11.3 Å². The van der Waals surface area contributed by atoms with Crippen LogP contribution in [0.1, 0.15) is 26.7 Å². The Morgan fingerprint density at radius 3 is 2.61 bits per heavy atom. The van der Waals surface area contributed by atoms with Gasteiger partial charge in [-0.1, -0.05) is 0 Å². The summed E-state index contributed by atoms with van der Waals surface area (Å²) >= 11 is 0.738. The van der Waals surface area contributed by atoms with Crippen molar-refractivity contribution in [1.29, 1.82) is 0 Å². The SMILES string of the molecule is COc1cc2cc(C)n(C(=O)c3ccc(C(F)F)s3)c2cc1F. The van der Waals surface area contributed by atoms with E-state index in [1.165, 1.54) is 35.9 Å². The third-order valence-electron chi connectivity index (χ3n) is 3.51. The molecular formula is C16H12F3NO2S. The van der Waals surface area contributed by atoms with Gasteiger partial charge >= 0.3 is 0 Å². The van der Waals surface area contributed by atoms with Crippen molar-refractivity contribution in [2.45, 2.75) is 13.3 Å². The molecule has 7 heteroatoms. The number of carbonyl (C=O) groups excluding carboxylic acids is 1. The second kappa shape index (κ2) is 5.73. The van der Waals surface area contributed by atoms with Crippen LogP contribution in [0.2, 0.25) is 0 Å². The van der Waals surface area contributed by atoms with Crippen LogP contribution in [0.4, 0.5) is 13.2 Å². The number of carbonyl (C=O) groups is 1. The number of aryl methyl sites for hydroxylation is 1. The molecule has 23 heavy (non-hydrogen) atoms. The lowest BCUT2D eigenvalue weighted by Gasteiger charge is -2.06. The van der Waals surface area contributed by atoms with E-state index in [-0.39, 0.29) is 15.5 Å². The van der Waals surface area contributed by atoms with Crippen molar-refractivity contribution in [2.24, 2.45) is 0 Å². The fraction of sp³-hybridized carbons (Fsp3) is 0.188. The van der Waals surface area contributed by atoms with Crippen LogP contribution in [0.3, 0.4) is 0 Å². The zero-order chi connectivity index (χ0) is 16.7. The number of methoxy groups -OCH3 is 1. The second-order valence-corrected chi connectivity index (χ2v) is 6.09. The van der Waals surface area contributed by atoms with E-state index in [9.17, 15) is 18.0 Å². The first kappa shape index (κ1) is 15.6. The standard InChI is InChI=1S/C16H12F3NO2S/c1-8-5-9-6-12(22-2)10(17)7-11(9)20(8)16(21)14-4-3-13(23-14)15(18)19/h3-7,15H,1-2H3. The molecule has 0 bridgehead atoms. The third-order valence-corrected chi connectivity index (χ3v) is 4.60. The van der Waals surface area contributed by atoms with Gasteiger partial charge in [-0.2, -0.15) is 0 Å². The van der Waals surface area contributed by atoms with Gasteiger partial charge in [0.1, 0.15) is 0 Å². The lowest BCUT2D eigenvalue weighted by atomic mass is 10.2.